The van der Waals surface area contributed by atoms with Gasteiger partial charge in [0.2, 0.25) is 5.75 Å². The lowest BCUT2D eigenvalue weighted by atomic mass is 10.1. The van der Waals surface area contributed by atoms with Crippen molar-refractivity contribution in [1.82, 2.24) is 9.97 Å². The van der Waals surface area contributed by atoms with E-state index in [1.54, 1.807) is 13.4 Å². The number of rotatable bonds is 3. The van der Waals surface area contributed by atoms with Gasteiger partial charge in [-0.15, -0.1) is 0 Å². The lowest BCUT2D eigenvalue weighted by Crippen LogP contribution is -2.28. The minimum atomic E-state index is 0.499. The highest BCUT2D eigenvalue weighted by molar-refractivity contribution is 5.65. The molecule has 1 aromatic heterocycles. The molecule has 5 nitrogen and oxygen atoms in total. The number of aromatic nitrogens is 2. The number of hydrogen-bond donors (Lipinski definition) is 1. The van der Waals surface area contributed by atoms with Crippen LogP contribution in [0.25, 0.3) is 0 Å². The van der Waals surface area contributed by atoms with Gasteiger partial charge >= 0.3 is 0 Å². The second-order valence-corrected chi connectivity index (χ2v) is 4.67. The molecule has 0 aliphatic carbocycles. The molecular weight excluding hydrogens is 216 g/mol. The second-order valence-electron chi connectivity index (χ2n) is 4.67. The summed E-state index contributed by atoms with van der Waals surface area (Å²) in [5, 5.41) is 3.03. The minimum absolute atomic E-state index is 0.499. The molecule has 1 fully saturated rings. The maximum atomic E-state index is 5.43. The molecule has 0 aromatic carbocycles. The quantitative estimate of drug-likeness (QED) is 0.866. The van der Waals surface area contributed by atoms with Gasteiger partial charge in [-0.1, -0.05) is 6.92 Å². The fraction of sp³-hybridized carbons (Fsp3) is 0.667. The third kappa shape index (κ3) is 2.14. The third-order valence-electron chi connectivity index (χ3n) is 3.28. The van der Waals surface area contributed by atoms with Crippen LogP contribution in [0, 0.1) is 5.92 Å². The van der Waals surface area contributed by atoms with Crippen molar-refractivity contribution in [2.24, 2.45) is 5.92 Å². The Morgan fingerprint density at radius 3 is 2.71 bits per heavy atom. The first-order valence-electron chi connectivity index (χ1n) is 6.00. The smallest absolute Gasteiger partial charge is 0.204 e. The number of ether oxygens (including phenoxy) is 1. The van der Waals surface area contributed by atoms with E-state index >= 15 is 0 Å². The largest absolute Gasteiger partial charge is 0.490 e. The van der Waals surface area contributed by atoms with Crippen molar-refractivity contribution in [3.63, 3.8) is 0 Å². The average molecular weight is 236 g/mol. The summed E-state index contributed by atoms with van der Waals surface area (Å²) in [7, 11) is 3.50. The van der Waals surface area contributed by atoms with Crippen molar-refractivity contribution in [2.75, 3.05) is 30.9 Å². The SMILES string of the molecule is CNc1ncnc(N2CC(C)CC2C)c1OC. The molecule has 1 aliphatic heterocycles. The molecule has 2 atom stereocenters. The zero-order valence-corrected chi connectivity index (χ0v) is 10.9. The fourth-order valence-electron chi connectivity index (χ4n) is 2.53. The van der Waals surface area contributed by atoms with Gasteiger partial charge in [0.25, 0.3) is 0 Å². The zero-order valence-electron chi connectivity index (χ0n) is 10.9. The van der Waals surface area contributed by atoms with Crippen LogP contribution in [0.5, 0.6) is 5.75 Å². The maximum absolute atomic E-state index is 5.43. The van der Waals surface area contributed by atoms with Crippen LogP contribution in [0.15, 0.2) is 6.33 Å². The Balaban J connectivity index is 2.38. The lowest BCUT2D eigenvalue weighted by Gasteiger charge is -2.24. The van der Waals surface area contributed by atoms with Crippen LogP contribution in [0.1, 0.15) is 20.3 Å². The molecule has 0 amide bonds. The lowest BCUT2D eigenvalue weighted by molar-refractivity contribution is 0.412. The van der Waals surface area contributed by atoms with E-state index in [2.05, 4.69) is 34.0 Å². The topological polar surface area (TPSA) is 50.3 Å². The van der Waals surface area contributed by atoms with Gasteiger partial charge in [-0.05, 0) is 19.3 Å². The molecule has 0 spiro atoms. The Kier molecular flexibility index (Phi) is 3.36. The van der Waals surface area contributed by atoms with Gasteiger partial charge in [0.05, 0.1) is 7.11 Å². The van der Waals surface area contributed by atoms with Crippen LogP contribution < -0.4 is 15.0 Å². The van der Waals surface area contributed by atoms with E-state index in [0.717, 1.165) is 23.9 Å². The Morgan fingerprint density at radius 1 is 1.41 bits per heavy atom. The van der Waals surface area contributed by atoms with Gasteiger partial charge in [-0.3, -0.25) is 0 Å². The van der Waals surface area contributed by atoms with Gasteiger partial charge in [-0.2, -0.15) is 0 Å². The summed E-state index contributed by atoms with van der Waals surface area (Å²) >= 11 is 0. The summed E-state index contributed by atoms with van der Waals surface area (Å²) in [5.74, 6) is 3.06. The standard InChI is InChI=1S/C12H20N4O/c1-8-5-9(2)16(6-8)12-10(17-4)11(13-3)14-7-15-12/h7-9H,5-6H2,1-4H3,(H,13,14,15). The zero-order chi connectivity index (χ0) is 12.4. The number of nitrogens with one attached hydrogen (secondary N) is 1. The summed E-state index contributed by atoms with van der Waals surface area (Å²) in [5.41, 5.74) is 0. The molecule has 17 heavy (non-hydrogen) atoms. The van der Waals surface area contributed by atoms with E-state index in [4.69, 9.17) is 4.74 Å². The predicted molar refractivity (Wildman–Crippen MR) is 68.7 cm³/mol. The van der Waals surface area contributed by atoms with Crippen LogP contribution in [-0.2, 0) is 0 Å². The molecule has 0 radical (unpaired) electrons. The fourth-order valence-corrected chi connectivity index (χ4v) is 2.53. The van der Waals surface area contributed by atoms with E-state index in [0.29, 0.717) is 12.0 Å². The van der Waals surface area contributed by atoms with E-state index in [-0.39, 0.29) is 0 Å². The number of hydrogen-bond acceptors (Lipinski definition) is 5. The van der Waals surface area contributed by atoms with Crippen LogP contribution in [0.3, 0.4) is 0 Å². The highest BCUT2D eigenvalue weighted by Gasteiger charge is 2.30. The van der Waals surface area contributed by atoms with E-state index < -0.39 is 0 Å². The molecule has 0 bridgehead atoms. The average Bonchev–Trinajstić information content (AvgIpc) is 2.67. The van der Waals surface area contributed by atoms with Crippen LogP contribution in [0.4, 0.5) is 11.6 Å². The predicted octanol–water partition coefficient (Wildman–Crippen LogP) is 1.76. The number of nitrogens with zero attached hydrogens (tertiary/aromatic N) is 3. The molecule has 2 unspecified atom stereocenters. The molecule has 1 saturated heterocycles. The number of anilines is 2. The normalized spacial score (nSPS) is 23.9. The Labute approximate surface area is 102 Å². The van der Waals surface area contributed by atoms with Crippen LogP contribution in [0.2, 0.25) is 0 Å². The van der Waals surface area contributed by atoms with E-state index in [1.807, 2.05) is 7.05 Å². The highest BCUT2D eigenvalue weighted by atomic mass is 16.5. The van der Waals surface area contributed by atoms with Gasteiger partial charge in [-0.25, -0.2) is 9.97 Å². The molecule has 1 N–H and O–H groups in total. The van der Waals surface area contributed by atoms with Crippen LogP contribution in [-0.4, -0.2) is 36.7 Å². The van der Waals surface area contributed by atoms with Crippen molar-refractivity contribution >= 4 is 11.6 Å². The van der Waals surface area contributed by atoms with Gasteiger partial charge in [0, 0.05) is 19.6 Å². The van der Waals surface area contributed by atoms with Crippen molar-refractivity contribution < 1.29 is 4.74 Å². The first-order chi connectivity index (χ1) is 8.17. The first kappa shape index (κ1) is 12.0. The van der Waals surface area contributed by atoms with E-state index in [1.165, 1.54) is 6.42 Å². The summed E-state index contributed by atoms with van der Waals surface area (Å²) in [6, 6.07) is 0.499. The molecular formula is C12H20N4O. The van der Waals surface area contributed by atoms with Crippen molar-refractivity contribution in [2.45, 2.75) is 26.3 Å². The number of methoxy groups -OCH3 is 1. The van der Waals surface area contributed by atoms with Crippen molar-refractivity contribution in [1.29, 1.82) is 0 Å². The monoisotopic (exact) mass is 236 g/mol. The molecule has 2 heterocycles. The van der Waals surface area contributed by atoms with Gasteiger partial charge in [0.1, 0.15) is 6.33 Å². The molecule has 5 heteroatoms. The molecule has 1 aliphatic rings. The molecule has 94 valence electrons. The molecule has 1 aromatic rings. The summed E-state index contributed by atoms with van der Waals surface area (Å²) < 4.78 is 5.43. The Hall–Kier alpha value is -1.52. The summed E-state index contributed by atoms with van der Waals surface area (Å²) in [4.78, 5) is 10.8. The van der Waals surface area contributed by atoms with Crippen LogP contribution >= 0.6 is 0 Å². The minimum Gasteiger partial charge on any atom is -0.490 e. The Bertz CT molecular complexity index is 396. The molecule has 0 saturated carbocycles. The van der Waals surface area contributed by atoms with Gasteiger partial charge < -0.3 is 15.0 Å². The highest BCUT2D eigenvalue weighted by Crippen LogP contribution is 2.36. The maximum Gasteiger partial charge on any atom is 0.204 e. The second kappa shape index (κ2) is 4.77. The Morgan fingerprint density at radius 2 is 2.18 bits per heavy atom. The van der Waals surface area contributed by atoms with Crippen molar-refractivity contribution in [3.8, 4) is 5.75 Å². The summed E-state index contributed by atoms with van der Waals surface area (Å²) in [6.07, 6.45) is 2.78. The molecule has 2 rings (SSSR count). The third-order valence-corrected chi connectivity index (χ3v) is 3.28. The van der Waals surface area contributed by atoms with Crippen molar-refractivity contribution in [3.05, 3.63) is 6.33 Å². The first-order valence-corrected chi connectivity index (χ1v) is 6.00. The van der Waals surface area contributed by atoms with Gasteiger partial charge in [0.15, 0.2) is 11.6 Å². The van der Waals surface area contributed by atoms with E-state index in [9.17, 15) is 0 Å². The summed E-state index contributed by atoms with van der Waals surface area (Å²) in [6.45, 7) is 5.52.